The highest BCUT2D eigenvalue weighted by Gasteiger charge is 2.14. The second-order valence-corrected chi connectivity index (χ2v) is 5.58. The predicted octanol–water partition coefficient (Wildman–Crippen LogP) is 4.86. The molecule has 102 valence electrons. The molecule has 1 aromatic heterocycles. The number of hydrogen-bond donors (Lipinski definition) is 1. The van der Waals surface area contributed by atoms with E-state index in [0.717, 1.165) is 23.1 Å². The smallest absolute Gasteiger partial charge is 0.0714 e. The summed E-state index contributed by atoms with van der Waals surface area (Å²) in [6.07, 6.45) is 9.45. The third-order valence-electron chi connectivity index (χ3n) is 3.10. The SMILES string of the molecule is CCCCCCC(NCCC)c1ncccc1Br. The largest absolute Gasteiger partial charge is 0.309 e. The molecule has 18 heavy (non-hydrogen) atoms. The van der Waals surface area contributed by atoms with Crippen LogP contribution in [0.25, 0.3) is 0 Å². The summed E-state index contributed by atoms with van der Waals surface area (Å²) in [5.41, 5.74) is 1.16. The predicted molar refractivity (Wildman–Crippen MR) is 81.7 cm³/mol. The first-order chi connectivity index (χ1) is 8.79. The number of hydrogen-bond acceptors (Lipinski definition) is 2. The first-order valence-corrected chi connectivity index (χ1v) is 7.92. The van der Waals surface area contributed by atoms with Crippen molar-refractivity contribution in [1.29, 1.82) is 0 Å². The number of pyridine rings is 1. The Morgan fingerprint density at radius 1 is 1.22 bits per heavy atom. The summed E-state index contributed by atoms with van der Waals surface area (Å²) in [6.45, 7) is 5.51. The van der Waals surface area contributed by atoms with Crippen molar-refractivity contribution in [3.63, 3.8) is 0 Å². The van der Waals surface area contributed by atoms with Crippen LogP contribution in [0.4, 0.5) is 0 Å². The molecule has 1 heterocycles. The molecule has 1 rings (SSSR count). The first kappa shape index (κ1) is 15.6. The Bertz CT molecular complexity index is 328. The number of nitrogens with one attached hydrogen (secondary N) is 1. The van der Waals surface area contributed by atoms with E-state index in [9.17, 15) is 0 Å². The summed E-state index contributed by atoms with van der Waals surface area (Å²) in [4.78, 5) is 4.52. The van der Waals surface area contributed by atoms with E-state index in [1.165, 1.54) is 32.1 Å². The van der Waals surface area contributed by atoms with Crippen LogP contribution in [0.3, 0.4) is 0 Å². The summed E-state index contributed by atoms with van der Waals surface area (Å²) in [7, 11) is 0. The second-order valence-electron chi connectivity index (χ2n) is 4.73. The molecule has 1 aromatic rings. The molecule has 0 radical (unpaired) electrons. The third kappa shape index (κ3) is 5.49. The molecule has 0 fully saturated rings. The standard InChI is InChI=1S/C15H25BrN2/c1-3-5-6-7-10-14(17-11-4-2)15-13(16)9-8-12-18-15/h8-9,12,14,17H,3-7,10-11H2,1-2H3. The molecule has 1 N–H and O–H groups in total. The van der Waals surface area contributed by atoms with Crippen molar-refractivity contribution in [3.8, 4) is 0 Å². The van der Waals surface area contributed by atoms with Crippen LogP contribution < -0.4 is 5.32 Å². The van der Waals surface area contributed by atoms with Gasteiger partial charge >= 0.3 is 0 Å². The highest BCUT2D eigenvalue weighted by Crippen LogP contribution is 2.25. The molecule has 3 heteroatoms. The lowest BCUT2D eigenvalue weighted by atomic mass is 10.0. The molecule has 0 bridgehead atoms. The number of unbranched alkanes of at least 4 members (excludes halogenated alkanes) is 3. The lowest BCUT2D eigenvalue weighted by molar-refractivity contribution is 0.460. The molecule has 0 saturated carbocycles. The van der Waals surface area contributed by atoms with Gasteiger partial charge in [0, 0.05) is 10.7 Å². The van der Waals surface area contributed by atoms with Gasteiger partial charge in [0.25, 0.3) is 0 Å². The van der Waals surface area contributed by atoms with Gasteiger partial charge in [0.2, 0.25) is 0 Å². The maximum atomic E-state index is 4.52. The molecule has 1 unspecified atom stereocenters. The highest BCUT2D eigenvalue weighted by atomic mass is 79.9. The van der Waals surface area contributed by atoms with Crippen LogP contribution in [0.1, 0.15) is 64.1 Å². The van der Waals surface area contributed by atoms with Crippen molar-refractivity contribution in [3.05, 3.63) is 28.5 Å². The number of halogens is 1. The first-order valence-electron chi connectivity index (χ1n) is 7.13. The monoisotopic (exact) mass is 312 g/mol. The number of nitrogens with zero attached hydrogens (tertiary/aromatic N) is 1. The Morgan fingerprint density at radius 2 is 2.06 bits per heavy atom. The van der Waals surface area contributed by atoms with Gasteiger partial charge in [-0.05, 0) is 47.4 Å². The highest BCUT2D eigenvalue weighted by molar-refractivity contribution is 9.10. The van der Waals surface area contributed by atoms with Gasteiger partial charge in [0.05, 0.1) is 11.7 Å². The van der Waals surface area contributed by atoms with Crippen LogP contribution in [0.5, 0.6) is 0 Å². The van der Waals surface area contributed by atoms with Crippen LogP contribution in [0.2, 0.25) is 0 Å². The Morgan fingerprint density at radius 3 is 2.72 bits per heavy atom. The molecule has 0 aliphatic carbocycles. The van der Waals surface area contributed by atoms with E-state index in [-0.39, 0.29) is 0 Å². The summed E-state index contributed by atoms with van der Waals surface area (Å²) < 4.78 is 1.12. The average molecular weight is 313 g/mol. The zero-order chi connectivity index (χ0) is 13.2. The van der Waals surface area contributed by atoms with E-state index in [1.54, 1.807) is 0 Å². The summed E-state index contributed by atoms with van der Waals surface area (Å²) in [5.74, 6) is 0. The fourth-order valence-corrected chi connectivity index (χ4v) is 2.61. The molecule has 0 aliphatic heterocycles. The Balaban J connectivity index is 2.57. The van der Waals surface area contributed by atoms with E-state index >= 15 is 0 Å². The van der Waals surface area contributed by atoms with Crippen molar-refractivity contribution in [2.45, 2.75) is 58.4 Å². The molecule has 1 atom stereocenters. The fourth-order valence-electron chi connectivity index (χ4n) is 2.08. The second kappa shape index (κ2) is 9.51. The molecular formula is C15H25BrN2. The number of rotatable bonds is 9. The van der Waals surface area contributed by atoms with E-state index in [1.807, 2.05) is 12.3 Å². The normalized spacial score (nSPS) is 12.6. The van der Waals surface area contributed by atoms with Gasteiger partial charge < -0.3 is 5.32 Å². The van der Waals surface area contributed by atoms with Gasteiger partial charge in [-0.25, -0.2) is 0 Å². The summed E-state index contributed by atoms with van der Waals surface area (Å²) >= 11 is 3.61. The van der Waals surface area contributed by atoms with Gasteiger partial charge in [-0.1, -0.05) is 39.5 Å². The van der Waals surface area contributed by atoms with Crippen LogP contribution in [0.15, 0.2) is 22.8 Å². The van der Waals surface area contributed by atoms with E-state index in [4.69, 9.17) is 0 Å². The van der Waals surface area contributed by atoms with E-state index < -0.39 is 0 Å². The molecule has 0 saturated heterocycles. The van der Waals surface area contributed by atoms with Gasteiger partial charge in [-0.15, -0.1) is 0 Å². The van der Waals surface area contributed by atoms with E-state index in [0.29, 0.717) is 6.04 Å². The van der Waals surface area contributed by atoms with Crippen molar-refractivity contribution >= 4 is 15.9 Å². The van der Waals surface area contributed by atoms with Crippen molar-refractivity contribution in [1.82, 2.24) is 10.3 Å². The van der Waals surface area contributed by atoms with Crippen LogP contribution >= 0.6 is 15.9 Å². The van der Waals surface area contributed by atoms with Gasteiger partial charge in [0.1, 0.15) is 0 Å². The van der Waals surface area contributed by atoms with Crippen molar-refractivity contribution < 1.29 is 0 Å². The minimum Gasteiger partial charge on any atom is -0.309 e. The van der Waals surface area contributed by atoms with Gasteiger partial charge in [-0.3, -0.25) is 4.98 Å². The van der Waals surface area contributed by atoms with Gasteiger partial charge in [-0.2, -0.15) is 0 Å². The lowest BCUT2D eigenvalue weighted by Gasteiger charge is -2.19. The summed E-state index contributed by atoms with van der Waals surface area (Å²) in [5, 5.41) is 3.61. The molecule has 0 aliphatic rings. The summed E-state index contributed by atoms with van der Waals surface area (Å²) in [6, 6.07) is 4.44. The third-order valence-corrected chi connectivity index (χ3v) is 3.77. The number of aromatic nitrogens is 1. The van der Waals surface area contributed by atoms with Gasteiger partial charge in [0.15, 0.2) is 0 Å². The van der Waals surface area contributed by atoms with Crippen LogP contribution in [-0.2, 0) is 0 Å². The Kier molecular flexibility index (Phi) is 8.27. The lowest BCUT2D eigenvalue weighted by Crippen LogP contribution is -2.23. The Hall–Kier alpha value is -0.410. The molecular weight excluding hydrogens is 288 g/mol. The average Bonchev–Trinajstić information content (AvgIpc) is 2.39. The minimum absolute atomic E-state index is 0.386. The van der Waals surface area contributed by atoms with Crippen LogP contribution in [-0.4, -0.2) is 11.5 Å². The van der Waals surface area contributed by atoms with E-state index in [2.05, 4.69) is 46.1 Å². The molecule has 0 aromatic carbocycles. The quantitative estimate of drug-likeness (QED) is 0.659. The fraction of sp³-hybridized carbons (Fsp3) is 0.667. The zero-order valence-electron chi connectivity index (χ0n) is 11.6. The maximum absolute atomic E-state index is 4.52. The molecule has 0 spiro atoms. The van der Waals surface area contributed by atoms with Crippen molar-refractivity contribution in [2.75, 3.05) is 6.54 Å². The zero-order valence-corrected chi connectivity index (χ0v) is 13.2. The molecule has 0 amide bonds. The Labute approximate surface area is 120 Å². The maximum Gasteiger partial charge on any atom is 0.0714 e. The molecule has 2 nitrogen and oxygen atoms in total. The minimum atomic E-state index is 0.386. The topological polar surface area (TPSA) is 24.9 Å². The van der Waals surface area contributed by atoms with Crippen LogP contribution in [0, 0.1) is 0 Å². The van der Waals surface area contributed by atoms with Crippen molar-refractivity contribution in [2.24, 2.45) is 0 Å².